The number of ether oxygens (including phenoxy) is 1. The van der Waals surface area contributed by atoms with Gasteiger partial charge in [0.15, 0.2) is 5.78 Å². The van der Waals surface area contributed by atoms with Crippen LogP contribution < -0.4 is 10.5 Å². The van der Waals surface area contributed by atoms with Gasteiger partial charge < -0.3 is 15.6 Å². The molecule has 0 unspecified atom stereocenters. The Labute approximate surface area is 87.7 Å². The predicted molar refractivity (Wildman–Crippen MR) is 55.9 cm³/mol. The van der Waals surface area contributed by atoms with E-state index in [1.807, 2.05) is 0 Å². The van der Waals surface area contributed by atoms with Gasteiger partial charge in [0.1, 0.15) is 5.75 Å². The number of nitrogens with two attached hydrogens (primary N) is 1. The number of anilines is 1. The summed E-state index contributed by atoms with van der Waals surface area (Å²) in [7, 11) is 0. The molecular weight excluding hydrogens is 194 g/mol. The Morgan fingerprint density at radius 1 is 1.53 bits per heavy atom. The molecule has 0 saturated heterocycles. The largest absolute Gasteiger partial charge is 0.492 e. The maximum Gasteiger partial charge on any atom is 0.169 e. The number of benzene rings is 1. The van der Waals surface area contributed by atoms with Crippen LogP contribution in [-0.4, -0.2) is 24.1 Å². The van der Waals surface area contributed by atoms with Gasteiger partial charge in [-0.15, -0.1) is 0 Å². The summed E-state index contributed by atoms with van der Waals surface area (Å²) >= 11 is 0. The summed E-state index contributed by atoms with van der Waals surface area (Å²) in [6.07, 6.45) is 0.289. The third-order valence-corrected chi connectivity index (χ3v) is 2.54. The van der Waals surface area contributed by atoms with E-state index in [1.165, 1.54) is 0 Å². The summed E-state index contributed by atoms with van der Waals surface area (Å²) in [5.74, 6) is 0.333. The molecular formula is C11H13NO3. The molecule has 2 rings (SSSR count). The highest BCUT2D eigenvalue weighted by Gasteiger charge is 2.24. The number of Topliss-reactive ketones (excluding diaryl/α,β-unsaturated/α-hetero) is 1. The number of ketones is 1. The van der Waals surface area contributed by atoms with Gasteiger partial charge in [-0.05, 0) is 12.1 Å². The number of hydrogen-bond donors (Lipinski definition) is 2. The van der Waals surface area contributed by atoms with Crippen LogP contribution in [0.1, 0.15) is 16.8 Å². The average molecular weight is 207 g/mol. The minimum absolute atomic E-state index is 0.0420. The van der Waals surface area contributed by atoms with Crippen molar-refractivity contribution in [1.29, 1.82) is 0 Å². The van der Waals surface area contributed by atoms with E-state index in [2.05, 4.69) is 0 Å². The van der Waals surface area contributed by atoms with Gasteiger partial charge in [0, 0.05) is 24.6 Å². The molecule has 1 aliphatic rings. The molecule has 0 fully saturated rings. The Bertz CT molecular complexity index is 389. The van der Waals surface area contributed by atoms with Gasteiger partial charge in [0.05, 0.1) is 12.2 Å². The Balaban J connectivity index is 2.40. The first-order valence-electron chi connectivity index (χ1n) is 4.87. The van der Waals surface area contributed by atoms with E-state index >= 15 is 0 Å². The second-order valence-electron chi connectivity index (χ2n) is 3.71. The average Bonchev–Trinajstić information content (AvgIpc) is 2.39. The van der Waals surface area contributed by atoms with Crippen molar-refractivity contribution in [2.75, 3.05) is 18.9 Å². The van der Waals surface area contributed by atoms with E-state index in [0.717, 1.165) is 0 Å². The molecule has 1 aromatic rings. The number of rotatable bonds is 1. The normalized spacial score (nSPS) is 20.3. The molecule has 1 heterocycles. The monoisotopic (exact) mass is 207 g/mol. The van der Waals surface area contributed by atoms with E-state index in [-0.39, 0.29) is 24.7 Å². The first-order chi connectivity index (χ1) is 7.22. The molecule has 0 radical (unpaired) electrons. The van der Waals surface area contributed by atoms with Gasteiger partial charge in [-0.1, -0.05) is 6.07 Å². The predicted octanol–water partition coefficient (Wildman–Crippen LogP) is 0.843. The lowest BCUT2D eigenvalue weighted by molar-refractivity contribution is 0.0928. The number of carbonyl (C=O) groups excluding carboxylic acids is 1. The molecule has 0 spiro atoms. The number of fused-ring (bicyclic) bond motifs is 1. The summed E-state index contributed by atoms with van der Waals surface area (Å²) < 4.78 is 5.44. The number of aliphatic hydroxyl groups excluding tert-OH is 1. The van der Waals surface area contributed by atoms with Crippen molar-refractivity contribution in [3.05, 3.63) is 23.8 Å². The quantitative estimate of drug-likeness (QED) is 0.669. The molecule has 1 aromatic carbocycles. The van der Waals surface area contributed by atoms with Gasteiger partial charge in [-0.2, -0.15) is 0 Å². The zero-order valence-corrected chi connectivity index (χ0v) is 8.27. The molecule has 0 aliphatic carbocycles. The topological polar surface area (TPSA) is 72.6 Å². The molecule has 80 valence electrons. The van der Waals surface area contributed by atoms with Gasteiger partial charge in [0.25, 0.3) is 0 Å². The molecule has 15 heavy (non-hydrogen) atoms. The molecule has 4 nitrogen and oxygen atoms in total. The first kappa shape index (κ1) is 9.98. The van der Waals surface area contributed by atoms with Crippen molar-refractivity contribution in [2.45, 2.75) is 6.42 Å². The van der Waals surface area contributed by atoms with Crippen LogP contribution in [0.5, 0.6) is 5.75 Å². The lowest BCUT2D eigenvalue weighted by Gasteiger charge is -2.09. The zero-order valence-electron chi connectivity index (χ0n) is 8.27. The Kier molecular flexibility index (Phi) is 2.60. The van der Waals surface area contributed by atoms with Crippen molar-refractivity contribution < 1.29 is 14.6 Å². The van der Waals surface area contributed by atoms with Gasteiger partial charge in [-0.25, -0.2) is 0 Å². The maximum atomic E-state index is 11.8. The van der Waals surface area contributed by atoms with Crippen LogP contribution in [0.25, 0.3) is 0 Å². The lowest BCUT2D eigenvalue weighted by atomic mass is 9.99. The fraction of sp³-hybridized carbons (Fsp3) is 0.364. The standard InChI is InChI=1S/C11H13NO3/c12-8-2-1-3-10-11(8)9(14)4-7(5-13)6-15-10/h1-3,7,13H,4-6,12H2/t7-/m0/s1. The highest BCUT2D eigenvalue weighted by molar-refractivity contribution is 6.03. The van der Waals surface area contributed by atoms with Crippen LogP contribution >= 0.6 is 0 Å². The fourth-order valence-electron chi connectivity index (χ4n) is 1.71. The summed E-state index contributed by atoms with van der Waals surface area (Å²) in [5, 5.41) is 9.02. The van der Waals surface area contributed by atoms with Crippen molar-refractivity contribution in [2.24, 2.45) is 5.92 Å². The third kappa shape index (κ3) is 1.80. The second-order valence-corrected chi connectivity index (χ2v) is 3.71. The molecule has 4 heteroatoms. The highest BCUT2D eigenvalue weighted by atomic mass is 16.5. The van der Waals surface area contributed by atoms with Crippen molar-refractivity contribution >= 4 is 11.5 Å². The first-order valence-corrected chi connectivity index (χ1v) is 4.87. The summed E-state index contributed by atoms with van der Waals surface area (Å²) in [6.45, 7) is 0.318. The van der Waals surface area contributed by atoms with Crippen LogP contribution in [0.3, 0.4) is 0 Å². The minimum Gasteiger partial charge on any atom is -0.492 e. The summed E-state index contributed by atoms with van der Waals surface area (Å²) in [6, 6.07) is 5.16. The summed E-state index contributed by atoms with van der Waals surface area (Å²) in [5.41, 5.74) is 6.62. The Morgan fingerprint density at radius 2 is 2.33 bits per heavy atom. The van der Waals surface area contributed by atoms with Crippen molar-refractivity contribution in [3.63, 3.8) is 0 Å². The SMILES string of the molecule is Nc1cccc2c1C(=O)C[C@@H](CO)CO2. The van der Waals surface area contributed by atoms with E-state index < -0.39 is 0 Å². The van der Waals surface area contributed by atoms with Gasteiger partial charge >= 0.3 is 0 Å². The number of nitrogen functional groups attached to an aromatic ring is 1. The van der Waals surface area contributed by atoms with Crippen LogP contribution in [0.2, 0.25) is 0 Å². The van der Waals surface area contributed by atoms with Crippen LogP contribution in [-0.2, 0) is 0 Å². The fourth-order valence-corrected chi connectivity index (χ4v) is 1.71. The van der Waals surface area contributed by atoms with E-state index in [9.17, 15) is 4.79 Å². The molecule has 0 bridgehead atoms. The van der Waals surface area contributed by atoms with E-state index in [0.29, 0.717) is 23.6 Å². The van der Waals surface area contributed by atoms with Gasteiger partial charge in [-0.3, -0.25) is 4.79 Å². The third-order valence-electron chi connectivity index (χ3n) is 2.54. The molecule has 0 amide bonds. The van der Waals surface area contributed by atoms with E-state index in [1.54, 1.807) is 18.2 Å². The Hall–Kier alpha value is -1.55. The Morgan fingerprint density at radius 3 is 3.07 bits per heavy atom. The number of carbonyl (C=O) groups is 1. The molecule has 0 saturated carbocycles. The molecule has 1 atom stereocenters. The molecule has 3 N–H and O–H groups in total. The molecule has 1 aliphatic heterocycles. The number of hydrogen-bond acceptors (Lipinski definition) is 4. The second kappa shape index (κ2) is 3.90. The van der Waals surface area contributed by atoms with E-state index in [4.69, 9.17) is 15.6 Å². The minimum atomic E-state index is -0.135. The van der Waals surface area contributed by atoms with Gasteiger partial charge in [0.2, 0.25) is 0 Å². The van der Waals surface area contributed by atoms with Crippen LogP contribution in [0.15, 0.2) is 18.2 Å². The molecule has 0 aromatic heterocycles. The maximum absolute atomic E-state index is 11.8. The lowest BCUT2D eigenvalue weighted by Crippen LogP contribution is -2.16. The smallest absolute Gasteiger partial charge is 0.169 e. The van der Waals surface area contributed by atoms with Crippen LogP contribution in [0, 0.1) is 5.92 Å². The zero-order chi connectivity index (χ0) is 10.8. The number of aliphatic hydroxyl groups is 1. The van der Waals surface area contributed by atoms with Crippen molar-refractivity contribution in [3.8, 4) is 5.75 Å². The van der Waals surface area contributed by atoms with Crippen LogP contribution in [0.4, 0.5) is 5.69 Å². The summed E-state index contributed by atoms with van der Waals surface area (Å²) in [4.78, 5) is 11.8. The van der Waals surface area contributed by atoms with Crippen molar-refractivity contribution in [1.82, 2.24) is 0 Å². The highest BCUT2D eigenvalue weighted by Crippen LogP contribution is 2.30.